The van der Waals surface area contributed by atoms with Gasteiger partial charge in [-0.3, -0.25) is 0 Å². The molecule has 2 N–H and O–H groups in total. The second-order valence-corrected chi connectivity index (χ2v) is 5.18. The third-order valence-electron chi connectivity index (χ3n) is 2.42. The topological polar surface area (TPSA) is 29.3 Å². The highest BCUT2D eigenvalue weighted by Gasteiger charge is 2.12. The monoisotopic (exact) mass is 206 g/mol. The summed E-state index contributed by atoms with van der Waals surface area (Å²) in [7, 11) is 4.14. The van der Waals surface area contributed by atoms with Crippen LogP contribution in [0.4, 0.5) is 5.69 Å². The maximum absolute atomic E-state index is 6.02. The Bertz CT molecular complexity index is 335. The number of hydrogen-bond acceptors (Lipinski definition) is 2. The Hall–Kier alpha value is -1.02. The lowest BCUT2D eigenvalue weighted by Gasteiger charge is -2.21. The number of rotatable bonds is 3. The predicted molar refractivity (Wildman–Crippen MR) is 67.5 cm³/mol. The Balaban J connectivity index is 2.98. The molecular weight excluding hydrogens is 184 g/mol. The average molecular weight is 206 g/mol. The molecule has 0 unspecified atom stereocenters. The highest BCUT2D eigenvalue weighted by Crippen LogP contribution is 2.21. The van der Waals surface area contributed by atoms with Crippen molar-refractivity contribution in [1.29, 1.82) is 0 Å². The molecule has 0 aromatic heterocycles. The SMILES string of the molecule is Cc1ccc(CC(C)(C)N)cc1N(C)C. The van der Waals surface area contributed by atoms with Crippen LogP contribution in [0.2, 0.25) is 0 Å². The summed E-state index contributed by atoms with van der Waals surface area (Å²) in [4.78, 5) is 2.14. The molecule has 0 saturated carbocycles. The van der Waals surface area contributed by atoms with Crippen LogP contribution < -0.4 is 10.6 Å². The van der Waals surface area contributed by atoms with Crippen molar-refractivity contribution < 1.29 is 0 Å². The molecule has 1 aromatic carbocycles. The summed E-state index contributed by atoms with van der Waals surface area (Å²) >= 11 is 0. The molecule has 1 rings (SSSR count). The zero-order valence-electron chi connectivity index (χ0n) is 10.5. The van der Waals surface area contributed by atoms with Crippen LogP contribution >= 0.6 is 0 Å². The number of nitrogens with two attached hydrogens (primary N) is 1. The minimum Gasteiger partial charge on any atom is -0.377 e. The van der Waals surface area contributed by atoms with Crippen LogP contribution in [0.3, 0.4) is 0 Å². The minimum absolute atomic E-state index is 0.140. The minimum atomic E-state index is -0.140. The summed E-state index contributed by atoms with van der Waals surface area (Å²) in [5.41, 5.74) is 9.76. The van der Waals surface area contributed by atoms with Crippen LogP contribution in [0.1, 0.15) is 25.0 Å². The summed E-state index contributed by atoms with van der Waals surface area (Å²) < 4.78 is 0. The van der Waals surface area contributed by atoms with E-state index in [1.807, 2.05) is 0 Å². The molecule has 0 amide bonds. The fourth-order valence-corrected chi connectivity index (χ4v) is 1.77. The van der Waals surface area contributed by atoms with Crippen molar-refractivity contribution in [2.45, 2.75) is 32.7 Å². The first-order valence-electron chi connectivity index (χ1n) is 5.35. The molecule has 1 aromatic rings. The number of anilines is 1. The van der Waals surface area contributed by atoms with Gasteiger partial charge in [-0.05, 0) is 44.4 Å². The van der Waals surface area contributed by atoms with E-state index in [0.29, 0.717) is 0 Å². The molecule has 84 valence electrons. The van der Waals surface area contributed by atoms with Crippen molar-refractivity contribution >= 4 is 5.69 Å². The quantitative estimate of drug-likeness (QED) is 0.822. The van der Waals surface area contributed by atoms with E-state index in [9.17, 15) is 0 Å². The first-order chi connectivity index (χ1) is 6.79. The molecule has 0 atom stereocenters. The molecule has 0 aliphatic carbocycles. The van der Waals surface area contributed by atoms with Crippen molar-refractivity contribution in [3.63, 3.8) is 0 Å². The van der Waals surface area contributed by atoms with E-state index in [-0.39, 0.29) is 5.54 Å². The van der Waals surface area contributed by atoms with Gasteiger partial charge in [-0.2, -0.15) is 0 Å². The third-order valence-corrected chi connectivity index (χ3v) is 2.42. The van der Waals surface area contributed by atoms with E-state index < -0.39 is 0 Å². The number of aryl methyl sites for hydroxylation is 1. The summed E-state index contributed by atoms with van der Waals surface area (Å²) in [6, 6.07) is 6.55. The van der Waals surface area contributed by atoms with Gasteiger partial charge in [0, 0.05) is 25.3 Å². The Morgan fingerprint density at radius 2 is 1.87 bits per heavy atom. The lowest BCUT2D eigenvalue weighted by molar-refractivity contribution is 0.517. The largest absolute Gasteiger partial charge is 0.377 e. The van der Waals surface area contributed by atoms with E-state index in [1.54, 1.807) is 0 Å². The van der Waals surface area contributed by atoms with Crippen LogP contribution in [-0.2, 0) is 6.42 Å². The molecular formula is C13H22N2. The molecule has 0 radical (unpaired) electrons. The van der Waals surface area contributed by atoms with Gasteiger partial charge in [0.2, 0.25) is 0 Å². The molecule has 0 aliphatic rings. The lowest BCUT2D eigenvalue weighted by Crippen LogP contribution is -2.34. The molecule has 2 heteroatoms. The number of nitrogens with zero attached hydrogens (tertiary/aromatic N) is 1. The normalized spacial score (nSPS) is 11.6. The van der Waals surface area contributed by atoms with Crippen molar-refractivity contribution in [2.24, 2.45) is 5.73 Å². The van der Waals surface area contributed by atoms with E-state index in [1.165, 1.54) is 16.8 Å². The highest BCUT2D eigenvalue weighted by atomic mass is 15.1. The maximum Gasteiger partial charge on any atom is 0.0393 e. The van der Waals surface area contributed by atoms with Gasteiger partial charge in [0.15, 0.2) is 0 Å². The van der Waals surface area contributed by atoms with Gasteiger partial charge >= 0.3 is 0 Å². The zero-order valence-corrected chi connectivity index (χ0v) is 10.5. The Morgan fingerprint density at radius 3 is 2.33 bits per heavy atom. The molecule has 0 aliphatic heterocycles. The van der Waals surface area contributed by atoms with Gasteiger partial charge < -0.3 is 10.6 Å². The molecule has 0 heterocycles. The van der Waals surface area contributed by atoms with Crippen LogP contribution in [0.5, 0.6) is 0 Å². The number of hydrogen-bond donors (Lipinski definition) is 1. The van der Waals surface area contributed by atoms with E-state index >= 15 is 0 Å². The lowest BCUT2D eigenvalue weighted by atomic mass is 9.95. The van der Waals surface area contributed by atoms with Gasteiger partial charge in [-0.25, -0.2) is 0 Å². The molecule has 0 bridgehead atoms. The summed E-state index contributed by atoms with van der Waals surface area (Å²) in [6.07, 6.45) is 0.911. The third kappa shape index (κ3) is 3.56. The van der Waals surface area contributed by atoms with Gasteiger partial charge in [0.25, 0.3) is 0 Å². The summed E-state index contributed by atoms with van der Waals surface area (Å²) in [5, 5.41) is 0. The van der Waals surface area contributed by atoms with Gasteiger partial charge in [-0.1, -0.05) is 12.1 Å². The second kappa shape index (κ2) is 4.23. The Morgan fingerprint density at radius 1 is 1.27 bits per heavy atom. The Kier molecular flexibility index (Phi) is 3.40. The van der Waals surface area contributed by atoms with Crippen molar-refractivity contribution in [1.82, 2.24) is 0 Å². The maximum atomic E-state index is 6.02. The summed E-state index contributed by atoms with van der Waals surface area (Å²) in [5.74, 6) is 0. The van der Waals surface area contributed by atoms with Crippen LogP contribution in [-0.4, -0.2) is 19.6 Å². The fraction of sp³-hybridized carbons (Fsp3) is 0.538. The van der Waals surface area contributed by atoms with E-state index in [4.69, 9.17) is 5.73 Å². The van der Waals surface area contributed by atoms with E-state index in [2.05, 4.69) is 58.0 Å². The van der Waals surface area contributed by atoms with Gasteiger partial charge in [0.1, 0.15) is 0 Å². The fourth-order valence-electron chi connectivity index (χ4n) is 1.77. The first-order valence-corrected chi connectivity index (χ1v) is 5.35. The standard InChI is InChI=1S/C13H22N2/c1-10-6-7-11(9-13(2,3)14)8-12(10)15(4)5/h6-8H,9,14H2,1-5H3. The molecule has 0 saturated heterocycles. The average Bonchev–Trinajstić information content (AvgIpc) is 2.05. The Labute approximate surface area is 93.1 Å². The van der Waals surface area contributed by atoms with Crippen LogP contribution in [0, 0.1) is 6.92 Å². The van der Waals surface area contributed by atoms with Crippen LogP contribution in [0.25, 0.3) is 0 Å². The highest BCUT2D eigenvalue weighted by molar-refractivity contribution is 5.54. The molecule has 0 fully saturated rings. The predicted octanol–water partition coefficient (Wildman–Crippen LogP) is 2.34. The molecule has 15 heavy (non-hydrogen) atoms. The van der Waals surface area contributed by atoms with Crippen LogP contribution in [0.15, 0.2) is 18.2 Å². The smallest absolute Gasteiger partial charge is 0.0393 e. The second-order valence-electron chi connectivity index (χ2n) is 5.18. The summed E-state index contributed by atoms with van der Waals surface area (Å²) in [6.45, 7) is 6.25. The van der Waals surface area contributed by atoms with Crippen molar-refractivity contribution in [3.05, 3.63) is 29.3 Å². The van der Waals surface area contributed by atoms with E-state index in [0.717, 1.165) is 6.42 Å². The van der Waals surface area contributed by atoms with Gasteiger partial charge in [-0.15, -0.1) is 0 Å². The van der Waals surface area contributed by atoms with Crippen molar-refractivity contribution in [2.75, 3.05) is 19.0 Å². The molecule has 0 spiro atoms. The van der Waals surface area contributed by atoms with Gasteiger partial charge in [0.05, 0.1) is 0 Å². The zero-order chi connectivity index (χ0) is 11.6. The molecule has 2 nitrogen and oxygen atoms in total. The first kappa shape index (κ1) is 12.1. The van der Waals surface area contributed by atoms with Crippen molar-refractivity contribution in [3.8, 4) is 0 Å². The number of benzene rings is 1.